The van der Waals surface area contributed by atoms with Crippen molar-refractivity contribution in [2.24, 2.45) is 5.92 Å². The van der Waals surface area contributed by atoms with Crippen molar-refractivity contribution in [3.8, 4) is 5.75 Å². The standard InChI is InChI=1S/C20H30N2O2/c1-15(23)22-11-8-16(9-12-22)7-10-21-19-5-3-17-4-6-20(24-2)14-18(17)13-19/h4,6,14,16,19,21H,3,5,7-13H2,1-2H3/t19-/m1/s1. The molecule has 24 heavy (non-hydrogen) atoms. The minimum absolute atomic E-state index is 0.225. The Balaban J connectivity index is 1.41. The molecule has 0 spiro atoms. The normalized spacial score (nSPS) is 21.4. The second-order valence-corrected chi connectivity index (χ2v) is 7.27. The Morgan fingerprint density at radius 2 is 2.04 bits per heavy atom. The topological polar surface area (TPSA) is 41.6 Å². The number of fused-ring (bicyclic) bond motifs is 1. The van der Waals surface area contributed by atoms with Crippen LogP contribution in [0.5, 0.6) is 5.75 Å². The predicted octanol–water partition coefficient (Wildman–Crippen LogP) is 2.79. The van der Waals surface area contributed by atoms with Crippen molar-refractivity contribution in [3.63, 3.8) is 0 Å². The number of methoxy groups -OCH3 is 1. The number of nitrogens with one attached hydrogen (secondary N) is 1. The van der Waals surface area contributed by atoms with Crippen molar-refractivity contribution in [2.45, 2.75) is 51.5 Å². The summed E-state index contributed by atoms with van der Waals surface area (Å²) in [7, 11) is 1.73. The highest BCUT2D eigenvalue weighted by atomic mass is 16.5. The maximum absolute atomic E-state index is 11.4. The van der Waals surface area contributed by atoms with Gasteiger partial charge in [0.05, 0.1) is 7.11 Å². The van der Waals surface area contributed by atoms with Crippen LogP contribution >= 0.6 is 0 Å². The fourth-order valence-electron chi connectivity index (χ4n) is 4.06. The number of hydrogen-bond donors (Lipinski definition) is 1. The number of likely N-dealkylation sites (tertiary alicyclic amines) is 1. The van der Waals surface area contributed by atoms with E-state index in [2.05, 4.69) is 23.5 Å². The minimum atomic E-state index is 0.225. The highest BCUT2D eigenvalue weighted by Gasteiger charge is 2.22. The lowest BCUT2D eigenvalue weighted by Crippen LogP contribution is -2.39. The Bertz CT molecular complexity index is 565. The van der Waals surface area contributed by atoms with E-state index in [1.54, 1.807) is 14.0 Å². The Hall–Kier alpha value is -1.55. The van der Waals surface area contributed by atoms with Crippen LogP contribution in [0, 0.1) is 5.92 Å². The molecule has 3 rings (SSSR count). The Morgan fingerprint density at radius 3 is 2.75 bits per heavy atom. The summed E-state index contributed by atoms with van der Waals surface area (Å²) in [6.45, 7) is 4.65. The van der Waals surface area contributed by atoms with Gasteiger partial charge in [-0.2, -0.15) is 0 Å². The highest BCUT2D eigenvalue weighted by molar-refractivity contribution is 5.73. The molecule has 1 N–H and O–H groups in total. The van der Waals surface area contributed by atoms with Gasteiger partial charge < -0.3 is 15.0 Å². The monoisotopic (exact) mass is 330 g/mol. The zero-order valence-electron chi connectivity index (χ0n) is 15.0. The highest BCUT2D eigenvalue weighted by Crippen LogP contribution is 2.26. The van der Waals surface area contributed by atoms with E-state index in [0.29, 0.717) is 6.04 Å². The van der Waals surface area contributed by atoms with Gasteiger partial charge in [-0.15, -0.1) is 0 Å². The van der Waals surface area contributed by atoms with Gasteiger partial charge in [-0.05, 0) is 74.2 Å². The van der Waals surface area contributed by atoms with Crippen LogP contribution in [0.1, 0.15) is 43.7 Å². The van der Waals surface area contributed by atoms with Gasteiger partial charge in [0, 0.05) is 26.1 Å². The first kappa shape index (κ1) is 17.3. The molecule has 4 heteroatoms. The van der Waals surface area contributed by atoms with Crippen molar-refractivity contribution in [1.29, 1.82) is 0 Å². The number of ether oxygens (including phenoxy) is 1. The molecule has 1 amide bonds. The van der Waals surface area contributed by atoms with Crippen LogP contribution in [0.2, 0.25) is 0 Å². The first-order valence-corrected chi connectivity index (χ1v) is 9.30. The number of rotatable bonds is 5. The van der Waals surface area contributed by atoms with E-state index in [1.165, 1.54) is 24.0 Å². The molecular formula is C20H30N2O2. The molecular weight excluding hydrogens is 300 g/mol. The number of piperidine rings is 1. The van der Waals surface area contributed by atoms with Crippen LogP contribution in [0.15, 0.2) is 18.2 Å². The van der Waals surface area contributed by atoms with Crippen molar-refractivity contribution in [3.05, 3.63) is 29.3 Å². The van der Waals surface area contributed by atoms with Gasteiger partial charge in [0.1, 0.15) is 5.75 Å². The summed E-state index contributed by atoms with van der Waals surface area (Å²) in [6.07, 6.45) is 7.04. The summed E-state index contributed by atoms with van der Waals surface area (Å²) in [5.41, 5.74) is 2.92. The molecule has 1 saturated heterocycles. The molecule has 0 bridgehead atoms. The summed E-state index contributed by atoms with van der Waals surface area (Å²) in [6, 6.07) is 7.07. The third-order valence-corrected chi connectivity index (χ3v) is 5.69. The van der Waals surface area contributed by atoms with E-state index >= 15 is 0 Å². The van der Waals surface area contributed by atoms with Gasteiger partial charge in [0.25, 0.3) is 0 Å². The van der Waals surface area contributed by atoms with Gasteiger partial charge in [0.15, 0.2) is 0 Å². The van der Waals surface area contributed by atoms with Crippen LogP contribution in [0.25, 0.3) is 0 Å². The zero-order valence-corrected chi connectivity index (χ0v) is 15.0. The third-order valence-electron chi connectivity index (χ3n) is 5.69. The summed E-state index contributed by atoms with van der Waals surface area (Å²) >= 11 is 0. The number of carbonyl (C=O) groups excluding carboxylic acids is 1. The molecule has 1 heterocycles. The van der Waals surface area contributed by atoms with Gasteiger partial charge in [-0.25, -0.2) is 0 Å². The minimum Gasteiger partial charge on any atom is -0.497 e. The molecule has 132 valence electrons. The lowest BCUT2D eigenvalue weighted by atomic mass is 9.87. The lowest BCUT2D eigenvalue weighted by molar-refractivity contribution is -0.130. The molecule has 1 aliphatic heterocycles. The lowest BCUT2D eigenvalue weighted by Gasteiger charge is -2.32. The molecule has 0 aromatic heterocycles. The van der Waals surface area contributed by atoms with Gasteiger partial charge >= 0.3 is 0 Å². The summed E-state index contributed by atoms with van der Waals surface area (Å²) in [5, 5.41) is 3.76. The average Bonchev–Trinajstić information content (AvgIpc) is 2.61. The summed E-state index contributed by atoms with van der Waals surface area (Å²) in [5.74, 6) is 1.96. The van der Waals surface area contributed by atoms with Crippen LogP contribution in [0.4, 0.5) is 0 Å². The van der Waals surface area contributed by atoms with E-state index in [1.807, 2.05) is 4.90 Å². The number of nitrogens with zero attached hydrogens (tertiary/aromatic N) is 1. The smallest absolute Gasteiger partial charge is 0.219 e. The first-order valence-electron chi connectivity index (χ1n) is 9.30. The first-order chi connectivity index (χ1) is 11.7. The second kappa shape index (κ2) is 8.02. The number of hydrogen-bond acceptors (Lipinski definition) is 3. The molecule has 1 aromatic carbocycles. The molecule has 0 saturated carbocycles. The fraction of sp³-hybridized carbons (Fsp3) is 0.650. The fourth-order valence-corrected chi connectivity index (χ4v) is 4.06. The number of amides is 1. The zero-order chi connectivity index (χ0) is 16.9. The van der Waals surface area contributed by atoms with E-state index < -0.39 is 0 Å². The average molecular weight is 330 g/mol. The number of benzene rings is 1. The van der Waals surface area contributed by atoms with Crippen molar-refractivity contribution in [2.75, 3.05) is 26.7 Å². The molecule has 0 radical (unpaired) electrons. The third kappa shape index (κ3) is 4.29. The Labute approximate surface area is 145 Å². The van der Waals surface area contributed by atoms with Gasteiger partial charge in [-0.1, -0.05) is 6.07 Å². The molecule has 0 unspecified atom stereocenters. The maximum Gasteiger partial charge on any atom is 0.219 e. The number of aryl methyl sites for hydroxylation is 1. The predicted molar refractivity (Wildman–Crippen MR) is 96.4 cm³/mol. The molecule has 1 atom stereocenters. The largest absolute Gasteiger partial charge is 0.497 e. The molecule has 1 fully saturated rings. The SMILES string of the molecule is COc1ccc2c(c1)C[C@H](NCCC1CCN(C(C)=O)CC1)CC2. The number of carbonyl (C=O) groups is 1. The van der Waals surface area contributed by atoms with E-state index in [9.17, 15) is 4.79 Å². The Kier molecular flexibility index (Phi) is 5.77. The van der Waals surface area contributed by atoms with E-state index in [4.69, 9.17) is 4.74 Å². The quantitative estimate of drug-likeness (QED) is 0.903. The molecule has 1 aromatic rings. The van der Waals surface area contributed by atoms with Crippen LogP contribution in [-0.4, -0.2) is 43.6 Å². The second-order valence-electron chi connectivity index (χ2n) is 7.27. The van der Waals surface area contributed by atoms with Crippen LogP contribution in [-0.2, 0) is 17.6 Å². The maximum atomic E-state index is 11.4. The van der Waals surface area contributed by atoms with Crippen LogP contribution in [0.3, 0.4) is 0 Å². The molecule has 4 nitrogen and oxygen atoms in total. The van der Waals surface area contributed by atoms with Gasteiger partial charge in [0.2, 0.25) is 5.91 Å². The van der Waals surface area contributed by atoms with Gasteiger partial charge in [-0.3, -0.25) is 4.79 Å². The van der Waals surface area contributed by atoms with E-state index in [-0.39, 0.29) is 5.91 Å². The molecule has 1 aliphatic carbocycles. The van der Waals surface area contributed by atoms with E-state index in [0.717, 1.165) is 57.0 Å². The Morgan fingerprint density at radius 1 is 1.25 bits per heavy atom. The molecule has 2 aliphatic rings. The van der Waals surface area contributed by atoms with Crippen LogP contribution < -0.4 is 10.1 Å². The van der Waals surface area contributed by atoms with Crippen molar-refractivity contribution >= 4 is 5.91 Å². The van der Waals surface area contributed by atoms with Crippen molar-refractivity contribution in [1.82, 2.24) is 10.2 Å². The van der Waals surface area contributed by atoms with Crippen molar-refractivity contribution < 1.29 is 9.53 Å². The summed E-state index contributed by atoms with van der Waals surface area (Å²) in [4.78, 5) is 13.4. The summed E-state index contributed by atoms with van der Waals surface area (Å²) < 4.78 is 5.35.